The van der Waals surface area contributed by atoms with E-state index in [1.165, 1.54) is 5.56 Å². The second-order valence-electron chi connectivity index (χ2n) is 4.92. The summed E-state index contributed by atoms with van der Waals surface area (Å²) < 4.78 is 0. The van der Waals surface area contributed by atoms with Gasteiger partial charge in [0.25, 0.3) is 0 Å². The molecule has 0 spiro atoms. The molecule has 2 aromatic rings. The van der Waals surface area contributed by atoms with Gasteiger partial charge < -0.3 is 10.6 Å². The minimum atomic E-state index is -0.232. The van der Waals surface area contributed by atoms with Crippen LogP contribution < -0.4 is 10.6 Å². The van der Waals surface area contributed by atoms with Crippen LogP contribution in [-0.4, -0.2) is 6.03 Å². The molecule has 110 valence electrons. The lowest BCUT2D eigenvalue weighted by Gasteiger charge is -2.15. The number of amides is 2. The van der Waals surface area contributed by atoms with Gasteiger partial charge in [-0.15, -0.1) is 0 Å². The number of anilines is 1. The van der Waals surface area contributed by atoms with E-state index in [4.69, 9.17) is 11.6 Å². The molecule has 2 N–H and O–H groups in total. The number of halogens is 1. The van der Waals surface area contributed by atoms with E-state index < -0.39 is 0 Å². The van der Waals surface area contributed by atoms with Crippen molar-refractivity contribution >= 4 is 23.3 Å². The summed E-state index contributed by atoms with van der Waals surface area (Å²) in [6.45, 7) is 4.08. The molecule has 0 saturated carbocycles. The number of urea groups is 1. The quantitative estimate of drug-likeness (QED) is 0.838. The number of rotatable bonds is 4. The van der Waals surface area contributed by atoms with Crippen molar-refractivity contribution < 1.29 is 4.79 Å². The first kappa shape index (κ1) is 15.4. The fourth-order valence-corrected chi connectivity index (χ4v) is 2.15. The van der Waals surface area contributed by atoms with Crippen LogP contribution in [0.3, 0.4) is 0 Å². The summed E-state index contributed by atoms with van der Waals surface area (Å²) in [7, 11) is 0. The van der Waals surface area contributed by atoms with Crippen LogP contribution in [0, 0.1) is 0 Å². The topological polar surface area (TPSA) is 41.1 Å². The third kappa shape index (κ3) is 4.50. The molecular formula is C17H19ClN2O. The Bertz CT molecular complexity index is 593. The van der Waals surface area contributed by atoms with E-state index in [1.54, 1.807) is 24.3 Å². The fraction of sp³-hybridized carbons (Fsp3) is 0.235. The van der Waals surface area contributed by atoms with Gasteiger partial charge in [0.15, 0.2) is 0 Å². The maximum atomic E-state index is 11.9. The summed E-state index contributed by atoms with van der Waals surface area (Å²) in [5.41, 5.74) is 3.08. The monoisotopic (exact) mass is 302 g/mol. The molecule has 0 unspecified atom stereocenters. The van der Waals surface area contributed by atoms with Crippen LogP contribution in [-0.2, 0) is 6.42 Å². The molecule has 0 aromatic heterocycles. The normalized spacial score (nSPS) is 11.8. The van der Waals surface area contributed by atoms with Gasteiger partial charge in [-0.3, -0.25) is 0 Å². The average Bonchev–Trinajstić information content (AvgIpc) is 2.49. The first-order chi connectivity index (χ1) is 10.1. The van der Waals surface area contributed by atoms with Crippen molar-refractivity contribution in [2.45, 2.75) is 26.3 Å². The number of benzene rings is 2. The van der Waals surface area contributed by atoms with Gasteiger partial charge >= 0.3 is 6.03 Å². The van der Waals surface area contributed by atoms with Crippen LogP contribution in [0.2, 0.25) is 5.02 Å². The van der Waals surface area contributed by atoms with Crippen LogP contribution in [0.4, 0.5) is 10.5 Å². The fourth-order valence-electron chi connectivity index (χ4n) is 2.02. The summed E-state index contributed by atoms with van der Waals surface area (Å²) in [6, 6.07) is 15.0. The van der Waals surface area contributed by atoms with E-state index in [0.717, 1.165) is 12.0 Å². The Morgan fingerprint density at radius 3 is 2.29 bits per heavy atom. The van der Waals surface area contributed by atoms with Crippen LogP contribution in [0.1, 0.15) is 31.0 Å². The Balaban J connectivity index is 1.93. The van der Waals surface area contributed by atoms with E-state index in [2.05, 4.69) is 29.7 Å². The van der Waals surface area contributed by atoms with E-state index in [-0.39, 0.29) is 12.1 Å². The third-order valence-electron chi connectivity index (χ3n) is 3.34. The van der Waals surface area contributed by atoms with E-state index in [1.807, 2.05) is 19.1 Å². The third-order valence-corrected chi connectivity index (χ3v) is 3.59. The molecule has 0 heterocycles. The summed E-state index contributed by atoms with van der Waals surface area (Å²) in [5.74, 6) is 0. The molecule has 2 aromatic carbocycles. The number of aryl methyl sites for hydroxylation is 1. The van der Waals surface area contributed by atoms with Crippen LogP contribution in [0.5, 0.6) is 0 Å². The number of carbonyl (C=O) groups is 1. The van der Waals surface area contributed by atoms with Gasteiger partial charge in [-0.25, -0.2) is 4.79 Å². The molecule has 2 rings (SSSR count). The summed E-state index contributed by atoms with van der Waals surface area (Å²) in [5, 5.41) is 6.34. The Labute approximate surface area is 130 Å². The Morgan fingerprint density at radius 2 is 1.71 bits per heavy atom. The minimum Gasteiger partial charge on any atom is -0.331 e. The van der Waals surface area contributed by atoms with Crippen LogP contribution in [0.25, 0.3) is 0 Å². The summed E-state index contributed by atoms with van der Waals surface area (Å²) in [6.07, 6.45) is 1.01. The summed E-state index contributed by atoms with van der Waals surface area (Å²) >= 11 is 5.81. The second-order valence-corrected chi connectivity index (χ2v) is 5.36. The van der Waals surface area contributed by atoms with Gasteiger partial charge in [-0.1, -0.05) is 42.8 Å². The van der Waals surface area contributed by atoms with Crippen molar-refractivity contribution in [2.75, 3.05) is 5.32 Å². The highest BCUT2D eigenvalue weighted by Crippen LogP contribution is 2.15. The van der Waals surface area contributed by atoms with Gasteiger partial charge in [0, 0.05) is 10.7 Å². The summed E-state index contributed by atoms with van der Waals surface area (Å²) in [4.78, 5) is 11.9. The molecular weight excluding hydrogens is 284 g/mol. The zero-order chi connectivity index (χ0) is 15.2. The lowest BCUT2D eigenvalue weighted by molar-refractivity contribution is 0.249. The standard InChI is InChI=1S/C17H19ClN2O/c1-3-13-4-6-14(7-5-13)12(2)19-17(21)20-16-10-8-15(18)9-11-16/h4-12H,3H2,1-2H3,(H2,19,20,21)/t12-/m1/s1. The molecule has 0 aliphatic rings. The molecule has 0 fully saturated rings. The van der Waals surface area contributed by atoms with Gasteiger partial charge in [-0.2, -0.15) is 0 Å². The Morgan fingerprint density at radius 1 is 1.10 bits per heavy atom. The molecule has 3 nitrogen and oxygen atoms in total. The molecule has 1 atom stereocenters. The van der Waals surface area contributed by atoms with Crippen LogP contribution >= 0.6 is 11.6 Å². The van der Waals surface area contributed by atoms with E-state index in [0.29, 0.717) is 10.7 Å². The van der Waals surface area contributed by atoms with E-state index >= 15 is 0 Å². The average molecular weight is 303 g/mol. The Hall–Kier alpha value is -2.00. The smallest absolute Gasteiger partial charge is 0.319 e. The SMILES string of the molecule is CCc1ccc([C@@H](C)NC(=O)Nc2ccc(Cl)cc2)cc1. The van der Waals surface area contributed by atoms with Crippen LogP contribution in [0.15, 0.2) is 48.5 Å². The van der Waals surface area contributed by atoms with E-state index in [9.17, 15) is 4.79 Å². The maximum Gasteiger partial charge on any atom is 0.319 e. The van der Waals surface area contributed by atoms with Gasteiger partial charge in [0.2, 0.25) is 0 Å². The number of carbonyl (C=O) groups excluding carboxylic acids is 1. The van der Waals surface area contributed by atoms with Gasteiger partial charge in [0.05, 0.1) is 6.04 Å². The first-order valence-corrected chi connectivity index (χ1v) is 7.38. The predicted octanol–water partition coefficient (Wildman–Crippen LogP) is 4.79. The molecule has 0 bridgehead atoms. The molecule has 0 radical (unpaired) electrons. The Kier molecular flexibility index (Phi) is 5.23. The lowest BCUT2D eigenvalue weighted by atomic mass is 10.1. The molecule has 2 amide bonds. The minimum absolute atomic E-state index is 0.0526. The van der Waals surface area contributed by atoms with Crippen molar-refractivity contribution in [2.24, 2.45) is 0 Å². The largest absolute Gasteiger partial charge is 0.331 e. The van der Waals surface area contributed by atoms with Gasteiger partial charge in [0.1, 0.15) is 0 Å². The predicted molar refractivity (Wildman–Crippen MR) is 87.8 cm³/mol. The molecule has 0 aliphatic carbocycles. The molecule has 21 heavy (non-hydrogen) atoms. The number of hydrogen-bond donors (Lipinski definition) is 2. The number of nitrogens with one attached hydrogen (secondary N) is 2. The molecule has 4 heteroatoms. The van der Waals surface area contributed by atoms with Crippen molar-refractivity contribution in [3.63, 3.8) is 0 Å². The maximum absolute atomic E-state index is 11.9. The van der Waals surface area contributed by atoms with Gasteiger partial charge in [-0.05, 0) is 48.7 Å². The number of hydrogen-bond acceptors (Lipinski definition) is 1. The van der Waals surface area contributed by atoms with Crippen molar-refractivity contribution in [1.82, 2.24) is 5.32 Å². The zero-order valence-electron chi connectivity index (χ0n) is 12.2. The highest BCUT2D eigenvalue weighted by Gasteiger charge is 2.09. The lowest BCUT2D eigenvalue weighted by Crippen LogP contribution is -2.31. The second kappa shape index (κ2) is 7.14. The van der Waals surface area contributed by atoms with Crippen molar-refractivity contribution in [3.05, 3.63) is 64.7 Å². The van der Waals surface area contributed by atoms with Crippen molar-refractivity contribution in [1.29, 1.82) is 0 Å². The first-order valence-electron chi connectivity index (χ1n) is 7.00. The highest BCUT2D eigenvalue weighted by atomic mass is 35.5. The molecule has 0 saturated heterocycles. The zero-order valence-corrected chi connectivity index (χ0v) is 12.9. The van der Waals surface area contributed by atoms with Crippen molar-refractivity contribution in [3.8, 4) is 0 Å². The molecule has 0 aliphatic heterocycles. The highest BCUT2D eigenvalue weighted by molar-refractivity contribution is 6.30.